The summed E-state index contributed by atoms with van der Waals surface area (Å²) < 4.78 is 0. The summed E-state index contributed by atoms with van der Waals surface area (Å²) in [6.45, 7) is 1.26. The molecule has 27 valence electrons. The molecule has 1 aliphatic rings. The first-order chi connectivity index (χ1) is 2.39. The van der Waals surface area contributed by atoms with Gasteiger partial charge in [-0.1, -0.05) is 6.32 Å². The molecule has 1 radical (unpaired) electrons. The van der Waals surface area contributed by atoms with Gasteiger partial charge in [0.05, 0.1) is 0 Å². The van der Waals surface area contributed by atoms with E-state index in [4.69, 9.17) is 0 Å². The molecule has 0 spiro atoms. The zero-order valence-corrected chi connectivity index (χ0v) is 3.44. The molecule has 1 heterocycles. The molecule has 0 unspecified atom stereocenters. The van der Waals surface area contributed by atoms with E-state index in [0.29, 0.717) is 0 Å². The molecule has 0 saturated carbocycles. The van der Waals surface area contributed by atoms with Crippen LogP contribution in [-0.2, 0) is 0 Å². The minimum Gasteiger partial charge on any atom is -0.350 e. The second kappa shape index (κ2) is 1.01. The first kappa shape index (κ1) is 3.22. The molecule has 2 heteroatoms. The fraction of sp³-hybridized carbons (Fsp3) is 1.00. The molecule has 5 heavy (non-hydrogen) atoms. The maximum atomic E-state index is 2.18. The first-order valence-electron chi connectivity index (χ1n) is 1.93. The molecule has 0 bridgehead atoms. The average molecular weight is 67.9 g/mol. The van der Waals surface area contributed by atoms with Gasteiger partial charge in [-0.15, -0.1) is 0 Å². The summed E-state index contributed by atoms with van der Waals surface area (Å²) in [7, 11) is 4.27. The summed E-state index contributed by atoms with van der Waals surface area (Å²) in [5, 5.41) is 0. The van der Waals surface area contributed by atoms with Gasteiger partial charge in [-0.05, 0) is 13.6 Å². The SMILES string of the molecule is CN1[B]CC1. The number of hydrogen-bond acceptors (Lipinski definition) is 1. The molecule has 1 saturated heterocycles. The highest BCUT2D eigenvalue weighted by molar-refractivity contribution is 6.35. The predicted octanol–water partition coefficient (Wildman–Crippen LogP) is -0.0307. The van der Waals surface area contributed by atoms with Gasteiger partial charge in [-0.2, -0.15) is 0 Å². The Hall–Kier alpha value is 0.0249. The van der Waals surface area contributed by atoms with Gasteiger partial charge in [0.2, 0.25) is 7.41 Å². The summed E-state index contributed by atoms with van der Waals surface area (Å²) in [5.74, 6) is 0. The van der Waals surface area contributed by atoms with Crippen molar-refractivity contribution in [2.24, 2.45) is 0 Å². The van der Waals surface area contributed by atoms with Crippen LogP contribution in [0.1, 0.15) is 0 Å². The lowest BCUT2D eigenvalue weighted by Crippen LogP contribution is -2.35. The molecule has 0 aromatic carbocycles. The quantitative estimate of drug-likeness (QED) is 0.360. The average Bonchev–Trinajstić information content (AvgIpc) is 1.30. The number of rotatable bonds is 0. The van der Waals surface area contributed by atoms with Crippen LogP contribution in [-0.4, -0.2) is 25.8 Å². The monoisotopic (exact) mass is 68.1 g/mol. The normalized spacial score (nSPS) is 24.2. The maximum Gasteiger partial charge on any atom is 0.209 e. The molecule has 1 rings (SSSR count). The van der Waals surface area contributed by atoms with Crippen molar-refractivity contribution in [1.29, 1.82) is 0 Å². The van der Waals surface area contributed by atoms with E-state index in [2.05, 4.69) is 19.3 Å². The van der Waals surface area contributed by atoms with Crippen LogP contribution >= 0.6 is 0 Å². The maximum absolute atomic E-state index is 2.18. The molecule has 0 atom stereocenters. The minimum atomic E-state index is 1.26. The first-order valence-corrected chi connectivity index (χ1v) is 1.93. The van der Waals surface area contributed by atoms with E-state index in [-0.39, 0.29) is 0 Å². The molecular weight excluding hydrogens is 60.9 g/mol. The molecule has 1 nitrogen and oxygen atoms in total. The van der Waals surface area contributed by atoms with E-state index in [9.17, 15) is 0 Å². The molecule has 0 aromatic heterocycles. The van der Waals surface area contributed by atoms with Gasteiger partial charge in [-0.25, -0.2) is 0 Å². The van der Waals surface area contributed by atoms with Crippen LogP contribution < -0.4 is 0 Å². The van der Waals surface area contributed by atoms with E-state index in [1.165, 1.54) is 12.9 Å². The lowest BCUT2D eigenvalue weighted by molar-refractivity contribution is 0.502. The van der Waals surface area contributed by atoms with Crippen molar-refractivity contribution >= 4 is 7.41 Å². The Morgan fingerprint density at radius 3 is 2.20 bits per heavy atom. The molecule has 0 N–H and O–H groups in total. The zero-order valence-electron chi connectivity index (χ0n) is 3.44. The van der Waals surface area contributed by atoms with Crippen LogP contribution in [0.3, 0.4) is 0 Å². The standard InChI is InChI=1S/C3H7BN/c1-5-3-2-4-5/h2-3H2,1H3. The Morgan fingerprint density at radius 2 is 2.20 bits per heavy atom. The van der Waals surface area contributed by atoms with Crippen LogP contribution in [0.5, 0.6) is 0 Å². The van der Waals surface area contributed by atoms with Gasteiger partial charge in [0.1, 0.15) is 0 Å². The van der Waals surface area contributed by atoms with Gasteiger partial charge >= 0.3 is 0 Å². The van der Waals surface area contributed by atoms with Crippen molar-refractivity contribution < 1.29 is 0 Å². The lowest BCUT2D eigenvalue weighted by atomic mass is 9.77. The largest absolute Gasteiger partial charge is 0.350 e. The van der Waals surface area contributed by atoms with Gasteiger partial charge < -0.3 is 4.81 Å². The Morgan fingerprint density at radius 1 is 1.80 bits per heavy atom. The second-order valence-corrected chi connectivity index (χ2v) is 1.45. The van der Waals surface area contributed by atoms with Gasteiger partial charge in [0, 0.05) is 0 Å². The molecule has 0 aliphatic carbocycles. The van der Waals surface area contributed by atoms with Crippen molar-refractivity contribution in [2.75, 3.05) is 13.6 Å². The molecule has 0 amide bonds. The highest BCUT2D eigenvalue weighted by Gasteiger charge is 2.07. The molecule has 1 fully saturated rings. The van der Waals surface area contributed by atoms with Crippen molar-refractivity contribution in [1.82, 2.24) is 4.81 Å². The highest BCUT2D eigenvalue weighted by atomic mass is 15.0. The van der Waals surface area contributed by atoms with Crippen LogP contribution in [0, 0.1) is 0 Å². The fourth-order valence-corrected chi connectivity index (χ4v) is 0.387. The van der Waals surface area contributed by atoms with Gasteiger partial charge in [0.25, 0.3) is 0 Å². The minimum absolute atomic E-state index is 1.26. The van der Waals surface area contributed by atoms with Crippen molar-refractivity contribution in [3.05, 3.63) is 0 Å². The highest BCUT2D eigenvalue weighted by Crippen LogP contribution is 1.96. The molecule has 1 aliphatic heterocycles. The Bertz CT molecular complexity index is 33.9. The van der Waals surface area contributed by atoms with E-state index >= 15 is 0 Å². The van der Waals surface area contributed by atoms with Gasteiger partial charge in [-0.3, -0.25) is 0 Å². The van der Waals surface area contributed by atoms with E-state index in [1.807, 2.05) is 0 Å². The summed E-state index contributed by atoms with van der Waals surface area (Å²) in [6, 6.07) is 0. The third kappa shape index (κ3) is 0.455. The Labute approximate surface area is 33.2 Å². The van der Waals surface area contributed by atoms with Gasteiger partial charge in [0.15, 0.2) is 0 Å². The summed E-state index contributed by atoms with van der Waals surface area (Å²) in [6.07, 6.45) is 1.29. The Balaban J connectivity index is 2.08. The van der Waals surface area contributed by atoms with E-state index in [0.717, 1.165) is 0 Å². The van der Waals surface area contributed by atoms with Crippen LogP contribution in [0.2, 0.25) is 6.32 Å². The predicted molar refractivity (Wildman–Crippen MR) is 23.2 cm³/mol. The van der Waals surface area contributed by atoms with Crippen molar-refractivity contribution in [3.8, 4) is 0 Å². The zero-order chi connectivity index (χ0) is 3.70. The smallest absolute Gasteiger partial charge is 0.209 e. The summed E-state index contributed by atoms with van der Waals surface area (Å²) in [5.41, 5.74) is 0. The Kier molecular flexibility index (Phi) is 0.654. The van der Waals surface area contributed by atoms with Crippen LogP contribution in [0.15, 0.2) is 0 Å². The lowest BCUT2D eigenvalue weighted by Gasteiger charge is -2.23. The van der Waals surface area contributed by atoms with Crippen molar-refractivity contribution in [2.45, 2.75) is 6.32 Å². The topological polar surface area (TPSA) is 3.24 Å². The third-order valence-corrected chi connectivity index (χ3v) is 0.923. The van der Waals surface area contributed by atoms with E-state index in [1.54, 1.807) is 0 Å². The van der Waals surface area contributed by atoms with E-state index < -0.39 is 0 Å². The second-order valence-electron chi connectivity index (χ2n) is 1.45. The summed E-state index contributed by atoms with van der Waals surface area (Å²) in [4.78, 5) is 2.18. The number of hydrogen-bond donors (Lipinski definition) is 0. The fourth-order valence-electron chi connectivity index (χ4n) is 0.387. The van der Waals surface area contributed by atoms with Crippen molar-refractivity contribution in [3.63, 3.8) is 0 Å². The molecule has 0 aromatic rings. The third-order valence-electron chi connectivity index (χ3n) is 0.923. The summed E-state index contributed by atoms with van der Waals surface area (Å²) >= 11 is 0. The molecular formula is C3H7BN. The van der Waals surface area contributed by atoms with Crippen LogP contribution in [0.25, 0.3) is 0 Å². The number of nitrogens with zero attached hydrogens (tertiary/aromatic N) is 1. The van der Waals surface area contributed by atoms with Crippen LogP contribution in [0.4, 0.5) is 0 Å².